The average Bonchev–Trinajstić information content (AvgIpc) is 2.56. The molecule has 23 heavy (non-hydrogen) atoms. The van der Waals surface area contributed by atoms with Crippen molar-refractivity contribution in [2.24, 2.45) is 0 Å². The summed E-state index contributed by atoms with van der Waals surface area (Å²) in [5.74, 6) is 3.17. The molecule has 0 saturated carbocycles. The van der Waals surface area contributed by atoms with Crippen molar-refractivity contribution < 1.29 is 14.2 Å². The molecular formula is C20H26O3. The van der Waals surface area contributed by atoms with Gasteiger partial charge in [-0.3, -0.25) is 0 Å². The van der Waals surface area contributed by atoms with Crippen molar-refractivity contribution in [3.8, 4) is 17.2 Å². The van der Waals surface area contributed by atoms with Gasteiger partial charge >= 0.3 is 0 Å². The van der Waals surface area contributed by atoms with E-state index < -0.39 is 0 Å². The van der Waals surface area contributed by atoms with Crippen LogP contribution in [0, 0.1) is 0 Å². The largest absolute Gasteiger partial charge is 0.494 e. The van der Waals surface area contributed by atoms with Crippen LogP contribution in [0.4, 0.5) is 0 Å². The van der Waals surface area contributed by atoms with Gasteiger partial charge in [0.1, 0.15) is 17.2 Å². The first-order chi connectivity index (χ1) is 11.2. The predicted molar refractivity (Wildman–Crippen MR) is 93.7 cm³/mol. The maximum atomic E-state index is 5.89. The molecule has 3 heteroatoms. The Balaban J connectivity index is 1.72. The third kappa shape index (κ3) is 5.51. The van der Waals surface area contributed by atoms with E-state index in [0.717, 1.165) is 23.7 Å². The van der Waals surface area contributed by atoms with Gasteiger partial charge in [-0.25, -0.2) is 0 Å². The molecule has 0 radical (unpaired) electrons. The highest BCUT2D eigenvalue weighted by molar-refractivity contribution is 5.35. The predicted octanol–water partition coefficient (Wildman–Crippen LogP) is 5.06. The highest BCUT2D eigenvalue weighted by Gasteiger charge is 2.06. The number of para-hydroxylation sites is 1. The van der Waals surface area contributed by atoms with Gasteiger partial charge in [-0.1, -0.05) is 32.0 Å². The van der Waals surface area contributed by atoms with E-state index >= 15 is 0 Å². The molecule has 0 aliphatic heterocycles. The summed E-state index contributed by atoms with van der Waals surface area (Å²) in [6.07, 6.45) is 0.847. The second-order valence-electron chi connectivity index (χ2n) is 5.65. The van der Waals surface area contributed by atoms with Gasteiger partial charge < -0.3 is 14.2 Å². The van der Waals surface area contributed by atoms with Crippen molar-refractivity contribution in [2.75, 3.05) is 19.8 Å². The van der Waals surface area contributed by atoms with Crippen LogP contribution in [0.5, 0.6) is 17.2 Å². The summed E-state index contributed by atoms with van der Waals surface area (Å²) >= 11 is 0. The Morgan fingerprint density at radius 2 is 1.39 bits per heavy atom. The lowest BCUT2D eigenvalue weighted by Crippen LogP contribution is -2.06. The van der Waals surface area contributed by atoms with Crippen molar-refractivity contribution >= 4 is 0 Å². The second-order valence-corrected chi connectivity index (χ2v) is 5.65. The molecule has 0 amide bonds. The summed E-state index contributed by atoms with van der Waals surface area (Å²) in [6, 6.07) is 15.9. The molecule has 2 rings (SSSR count). The molecule has 3 nitrogen and oxygen atoms in total. The Hall–Kier alpha value is -2.16. The van der Waals surface area contributed by atoms with Crippen molar-refractivity contribution in [3.63, 3.8) is 0 Å². The lowest BCUT2D eigenvalue weighted by Gasteiger charge is -2.14. The van der Waals surface area contributed by atoms with Crippen LogP contribution in [0.1, 0.15) is 38.7 Å². The molecule has 0 aliphatic rings. The Morgan fingerprint density at radius 1 is 0.783 bits per heavy atom. The van der Waals surface area contributed by atoms with Crippen molar-refractivity contribution in [1.82, 2.24) is 0 Å². The van der Waals surface area contributed by atoms with Gasteiger partial charge in [0.05, 0.1) is 19.8 Å². The van der Waals surface area contributed by atoms with E-state index in [-0.39, 0.29) is 0 Å². The van der Waals surface area contributed by atoms with Crippen molar-refractivity contribution in [3.05, 3.63) is 54.1 Å². The van der Waals surface area contributed by atoms with Crippen LogP contribution in [-0.2, 0) is 0 Å². The number of benzene rings is 2. The Kier molecular flexibility index (Phi) is 6.79. The number of rotatable bonds is 9. The number of hydrogen-bond acceptors (Lipinski definition) is 3. The first-order valence-electron chi connectivity index (χ1n) is 8.28. The normalized spacial score (nSPS) is 10.6. The van der Waals surface area contributed by atoms with Gasteiger partial charge in [-0.2, -0.15) is 0 Å². The highest BCUT2D eigenvalue weighted by atomic mass is 16.5. The van der Waals surface area contributed by atoms with E-state index in [4.69, 9.17) is 14.2 Å². The maximum absolute atomic E-state index is 5.89. The van der Waals surface area contributed by atoms with Crippen molar-refractivity contribution in [2.45, 2.75) is 33.1 Å². The molecular weight excluding hydrogens is 288 g/mol. The number of ether oxygens (including phenoxy) is 3. The molecule has 2 aromatic carbocycles. The van der Waals surface area contributed by atoms with Crippen LogP contribution >= 0.6 is 0 Å². The standard InChI is InChI=1S/C20H26O3/c1-4-21-17-10-12-18(13-11-17)22-14-7-15-23-20-9-6-5-8-19(20)16(2)3/h5-6,8-13,16H,4,7,14-15H2,1-3H3. The van der Waals surface area contributed by atoms with E-state index in [1.54, 1.807) is 0 Å². The fourth-order valence-electron chi connectivity index (χ4n) is 2.32. The van der Waals surface area contributed by atoms with Crippen LogP contribution in [-0.4, -0.2) is 19.8 Å². The smallest absolute Gasteiger partial charge is 0.122 e. The van der Waals surface area contributed by atoms with Crippen LogP contribution in [0.3, 0.4) is 0 Å². The molecule has 2 aromatic rings. The summed E-state index contributed by atoms with van der Waals surface area (Å²) in [4.78, 5) is 0. The molecule has 0 spiro atoms. The third-order valence-corrected chi connectivity index (χ3v) is 3.49. The van der Waals surface area contributed by atoms with Crippen LogP contribution in [0.2, 0.25) is 0 Å². The van der Waals surface area contributed by atoms with Gasteiger partial charge in [0.15, 0.2) is 0 Å². The van der Waals surface area contributed by atoms with Crippen molar-refractivity contribution in [1.29, 1.82) is 0 Å². The zero-order chi connectivity index (χ0) is 16.5. The zero-order valence-electron chi connectivity index (χ0n) is 14.2. The van der Waals surface area contributed by atoms with E-state index in [0.29, 0.717) is 25.7 Å². The monoisotopic (exact) mass is 314 g/mol. The van der Waals surface area contributed by atoms with Crippen LogP contribution in [0.15, 0.2) is 48.5 Å². The second kappa shape index (κ2) is 9.09. The minimum Gasteiger partial charge on any atom is -0.494 e. The molecule has 0 aromatic heterocycles. The van der Waals surface area contributed by atoms with Gasteiger partial charge in [0.25, 0.3) is 0 Å². The molecule has 0 bridgehead atoms. The lowest BCUT2D eigenvalue weighted by molar-refractivity contribution is 0.245. The van der Waals surface area contributed by atoms with Gasteiger partial charge in [-0.05, 0) is 48.7 Å². The van der Waals surface area contributed by atoms with E-state index in [1.165, 1.54) is 5.56 Å². The molecule has 0 atom stereocenters. The summed E-state index contributed by atoms with van der Waals surface area (Å²) in [6.45, 7) is 8.30. The van der Waals surface area contributed by atoms with E-state index in [9.17, 15) is 0 Å². The highest BCUT2D eigenvalue weighted by Crippen LogP contribution is 2.25. The molecule has 0 heterocycles. The Labute approximate surface area is 139 Å². The summed E-state index contributed by atoms with van der Waals surface area (Å²) < 4.78 is 17.0. The average molecular weight is 314 g/mol. The van der Waals surface area contributed by atoms with Gasteiger partial charge in [0, 0.05) is 6.42 Å². The third-order valence-electron chi connectivity index (χ3n) is 3.49. The van der Waals surface area contributed by atoms with E-state index in [2.05, 4.69) is 26.0 Å². The summed E-state index contributed by atoms with van der Waals surface area (Å²) in [5.41, 5.74) is 1.25. The SMILES string of the molecule is CCOc1ccc(OCCCOc2ccccc2C(C)C)cc1. The zero-order valence-corrected chi connectivity index (χ0v) is 14.2. The number of hydrogen-bond donors (Lipinski definition) is 0. The molecule has 0 N–H and O–H groups in total. The molecule has 0 saturated heterocycles. The van der Waals surface area contributed by atoms with Crippen LogP contribution in [0.25, 0.3) is 0 Å². The summed E-state index contributed by atoms with van der Waals surface area (Å²) in [5, 5.41) is 0. The topological polar surface area (TPSA) is 27.7 Å². The Bertz CT molecular complexity index is 576. The fourth-order valence-corrected chi connectivity index (χ4v) is 2.32. The first-order valence-corrected chi connectivity index (χ1v) is 8.28. The molecule has 0 unspecified atom stereocenters. The van der Waals surface area contributed by atoms with Gasteiger partial charge in [-0.15, -0.1) is 0 Å². The minimum absolute atomic E-state index is 0.464. The lowest BCUT2D eigenvalue weighted by atomic mass is 10.0. The minimum atomic E-state index is 0.464. The molecule has 0 fully saturated rings. The van der Waals surface area contributed by atoms with E-state index in [1.807, 2.05) is 43.3 Å². The summed E-state index contributed by atoms with van der Waals surface area (Å²) in [7, 11) is 0. The van der Waals surface area contributed by atoms with Crippen LogP contribution < -0.4 is 14.2 Å². The maximum Gasteiger partial charge on any atom is 0.122 e. The Morgan fingerprint density at radius 3 is 2.04 bits per heavy atom. The van der Waals surface area contributed by atoms with Gasteiger partial charge in [0.2, 0.25) is 0 Å². The molecule has 0 aliphatic carbocycles. The molecule has 124 valence electrons. The quantitative estimate of drug-likeness (QED) is 0.606. The fraction of sp³-hybridized carbons (Fsp3) is 0.400. The first kappa shape index (κ1) is 17.2.